The van der Waals surface area contributed by atoms with E-state index in [0.717, 1.165) is 19.3 Å². The van der Waals surface area contributed by atoms with Gasteiger partial charge in [-0.25, -0.2) is 0 Å². The predicted octanol–water partition coefficient (Wildman–Crippen LogP) is -4.89. The molecule has 10 amide bonds. The number of carbonyl (C=O) groups is 10. The van der Waals surface area contributed by atoms with Crippen molar-refractivity contribution in [1.29, 1.82) is 0 Å². The number of carbonyl (C=O) groups excluding carboxylic acids is 10. The highest BCUT2D eigenvalue weighted by atomic mass is 32.2. The number of nitrogens with one attached hydrogen (secondary N) is 10. The summed E-state index contributed by atoms with van der Waals surface area (Å²) in [6, 6.07) is -5.39. The van der Waals surface area contributed by atoms with Crippen LogP contribution in [0.2, 0.25) is 0 Å². The van der Waals surface area contributed by atoms with Crippen LogP contribution in [-0.2, 0) is 54.4 Å². The lowest BCUT2D eigenvalue weighted by Gasteiger charge is -2.30. The van der Waals surface area contributed by atoms with E-state index < -0.39 is 150 Å². The van der Waals surface area contributed by atoms with Gasteiger partial charge < -0.3 is 90.2 Å². The topological polar surface area (TPSA) is 450 Å². The molecule has 1 saturated heterocycles. The van der Waals surface area contributed by atoms with Gasteiger partial charge in [0.2, 0.25) is 59.1 Å². The number of amides is 10. The minimum atomic E-state index is -1.85. The van der Waals surface area contributed by atoms with E-state index in [9.17, 15) is 67.8 Å². The molecule has 2 aliphatic rings. The lowest BCUT2D eigenvalue weighted by atomic mass is 9.86. The smallest absolute Gasteiger partial charge is 0.245 e. The van der Waals surface area contributed by atoms with Crippen LogP contribution in [0, 0.1) is 11.8 Å². The van der Waals surface area contributed by atoms with Gasteiger partial charge in [-0.15, -0.1) is 0 Å². The van der Waals surface area contributed by atoms with Crippen LogP contribution in [0.4, 0.5) is 0 Å². The molecule has 3 unspecified atom stereocenters. The highest BCUT2D eigenvalue weighted by Crippen LogP contribution is 2.32. The van der Waals surface area contributed by atoms with Crippen molar-refractivity contribution < 1.29 is 67.8 Å². The van der Waals surface area contributed by atoms with Gasteiger partial charge >= 0.3 is 0 Å². The van der Waals surface area contributed by atoms with Gasteiger partial charge in [0.05, 0.1) is 18.8 Å². The summed E-state index contributed by atoms with van der Waals surface area (Å²) in [4.78, 5) is 139. The minimum Gasteiger partial charge on any atom is -0.394 e. The molecule has 1 aliphatic carbocycles. The van der Waals surface area contributed by atoms with Crippen molar-refractivity contribution in [1.82, 2.24) is 53.2 Å². The SMILES string of the molecule is CC(C)C[C@@H]1NC(=O)[C@@H](Cc2ccccc2)NC(=O)[C@H](CCN)NC(=O)[C@@H](NC(=O)[C@@H](CO)NC(=O)[C@@H](NC(=O)C(SO)C2CCCCC2)C(C)O)CCNC(=O)[C@H](C(C)O)NC(=O)[C@H](CCN)NC(=O)[C@H](CCN)NC1=O. The van der Waals surface area contributed by atoms with E-state index in [1.165, 1.54) is 13.8 Å². The Morgan fingerprint density at radius 2 is 1.13 bits per heavy atom. The molecule has 1 aliphatic heterocycles. The molecule has 12 atom stereocenters. The molecule has 0 radical (unpaired) electrons. The number of hydrogen-bond acceptors (Lipinski definition) is 18. The zero-order chi connectivity index (χ0) is 58.1. The quantitative estimate of drug-likeness (QED) is 0.0513. The maximum Gasteiger partial charge on any atom is 0.245 e. The van der Waals surface area contributed by atoms with E-state index in [1.807, 2.05) is 0 Å². The third-order valence-corrected chi connectivity index (χ3v) is 14.1. The van der Waals surface area contributed by atoms with Crippen molar-refractivity contribution in [3.8, 4) is 0 Å². The van der Waals surface area contributed by atoms with E-state index in [-0.39, 0.29) is 63.6 Å². The third-order valence-electron chi connectivity index (χ3n) is 13.3. The fourth-order valence-electron chi connectivity index (χ4n) is 8.96. The number of hydrogen-bond donors (Lipinski definition) is 17. The molecule has 1 aromatic carbocycles. The van der Waals surface area contributed by atoms with Gasteiger partial charge in [-0.1, -0.05) is 63.4 Å². The zero-order valence-corrected chi connectivity index (χ0v) is 45.6. The van der Waals surface area contributed by atoms with Crippen molar-refractivity contribution >= 4 is 71.1 Å². The molecule has 438 valence electrons. The number of aliphatic hydroxyl groups excluding tert-OH is 3. The average molecular weight is 1120 g/mol. The van der Waals surface area contributed by atoms with E-state index in [4.69, 9.17) is 17.2 Å². The first-order valence-corrected chi connectivity index (χ1v) is 27.3. The summed E-state index contributed by atoms with van der Waals surface area (Å²) >= 11 is 0.313. The van der Waals surface area contributed by atoms with Gasteiger partial charge in [-0.3, -0.25) is 47.9 Å². The maximum absolute atomic E-state index is 14.4. The standard InChI is InChI=1S/C50H83N13O14S/c1-26(2)23-35-45(71)57-31(15-19-51)41(67)56-33(17-21-53)44(70)62-38(27(3)65)48(74)54-22-18-34(43(69)55-32(16-20-52)42(68)60-36(46(72)59-35)24-29-11-7-5-8-12-29)58-47(73)37(25-64)61-49(75)39(28(4)66)63-50(76)40(78-77)30-13-9-6-10-14-30/h5,7-8,11-12,26-28,30-40,64-66,77H,6,9-10,13-25,51-53H2,1-4H3,(H,54,74)(H,55,69)(H,56,67)(H,57,71)(H,58,73)(H,59,72)(H,60,68)(H,61,75)(H,62,70)(H,63,76)/t27?,28?,31-,32-,33-,34-,35-,36+,37+,38-,39-,40?/m0/s1. The highest BCUT2D eigenvalue weighted by molar-refractivity contribution is 7.95. The number of aliphatic hydroxyl groups is 3. The molecule has 1 saturated carbocycles. The summed E-state index contributed by atoms with van der Waals surface area (Å²) in [5.41, 5.74) is 18.2. The summed E-state index contributed by atoms with van der Waals surface area (Å²) in [5, 5.41) is 55.7. The Bertz CT molecular complexity index is 2160. The van der Waals surface area contributed by atoms with Crippen LogP contribution >= 0.6 is 12.0 Å². The molecule has 27 nitrogen and oxygen atoms in total. The van der Waals surface area contributed by atoms with Crippen molar-refractivity contribution in [3.05, 3.63) is 35.9 Å². The van der Waals surface area contributed by atoms with Crippen molar-refractivity contribution in [2.45, 2.75) is 170 Å². The molecule has 1 heterocycles. The van der Waals surface area contributed by atoms with E-state index in [2.05, 4.69) is 53.2 Å². The van der Waals surface area contributed by atoms with Crippen LogP contribution in [-0.4, -0.2) is 184 Å². The van der Waals surface area contributed by atoms with E-state index in [0.29, 0.717) is 30.4 Å². The maximum atomic E-state index is 14.4. The second-order valence-corrected chi connectivity index (χ2v) is 20.8. The molecule has 20 N–H and O–H groups in total. The third kappa shape index (κ3) is 21.3. The Labute approximate surface area is 458 Å². The Hall–Kier alpha value is -6.01. The van der Waals surface area contributed by atoms with Crippen LogP contribution in [0.15, 0.2) is 30.3 Å². The van der Waals surface area contributed by atoms with Crippen LogP contribution in [0.1, 0.15) is 97.5 Å². The summed E-state index contributed by atoms with van der Waals surface area (Å²) in [6.45, 7) is 3.92. The Balaban J connectivity index is 2.08. The van der Waals surface area contributed by atoms with Gasteiger partial charge in [-0.2, -0.15) is 0 Å². The summed E-state index contributed by atoms with van der Waals surface area (Å²) < 4.78 is 10.0. The summed E-state index contributed by atoms with van der Waals surface area (Å²) in [7, 11) is 0. The van der Waals surface area contributed by atoms with E-state index in [1.54, 1.807) is 44.2 Å². The van der Waals surface area contributed by atoms with Crippen molar-refractivity contribution in [3.63, 3.8) is 0 Å². The molecule has 0 bridgehead atoms. The number of rotatable bonds is 21. The second kappa shape index (κ2) is 34.1. The number of nitrogens with two attached hydrogens (primary N) is 3. The molecule has 2 fully saturated rings. The first kappa shape index (κ1) is 66.3. The second-order valence-electron chi connectivity index (χ2n) is 20.1. The largest absolute Gasteiger partial charge is 0.394 e. The summed E-state index contributed by atoms with van der Waals surface area (Å²) in [6.07, 6.45) is -0.300. The van der Waals surface area contributed by atoms with Crippen molar-refractivity contribution in [2.24, 2.45) is 29.0 Å². The molecular formula is C50H83N13O14S. The van der Waals surface area contributed by atoms with Gasteiger partial charge in [0.25, 0.3) is 0 Å². The monoisotopic (exact) mass is 1120 g/mol. The van der Waals surface area contributed by atoms with Crippen LogP contribution in [0.3, 0.4) is 0 Å². The van der Waals surface area contributed by atoms with Crippen LogP contribution in [0.25, 0.3) is 0 Å². The van der Waals surface area contributed by atoms with Gasteiger partial charge in [-0.05, 0) is 95.8 Å². The van der Waals surface area contributed by atoms with E-state index >= 15 is 0 Å². The molecule has 78 heavy (non-hydrogen) atoms. The average Bonchev–Trinajstić information content (AvgIpc) is 3.39. The van der Waals surface area contributed by atoms with Gasteiger partial charge in [0.1, 0.15) is 59.6 Å². The first-order chi connectivity index (χ1) is 37.1. The summed E-state index contributed by atoms with van der Waals surface area (Å²) in [5.74, 6) is -9.93. The molecule has 1 aromatic rings. The zero-order valence-electron chi connectivity index (χ0n) is 44.8. The molecule has 0 spiro atoms. The lowest BCUT2D eigenvalue weighted by molar-refractivity contribution is -0.137. The van der Waals surface area contributed by atoms with Crippen LogP contribution in [0.5, 0.6) is 0 Å². The molecule has 0 aromatic heterocycles. The normalized spacial score (nSPS) is 25.0. The fraction of sp³-hybridized carbons (Fsp3) is 0.680. The molecule has 28 heteroatoms. The Morgan fingerprint density at radius 3 is 1.63 bits per heavy atom. The van der Waals surface area contributed by atoms with Crippen LogP contribution < -0.4 is 70.4 Å². The lowest BCUT2D eigenvalue weighted by Crippen LogP contribution is -2.62. The predicted molar refractivity (Wildman–Crippen MR) is 287 cm³/mol. The highest BCUT2D eigenvalue weighted by Gasteiger charge is 2.38. The molecular weight excluding hydrogens is 1040 g/mol. The van der Waals surface area contributed by atoms with Crippen molar-refractivity contribution in [2.75, 3.05) is 32.8 Å². The van der Waals surface area contributed by atoms with Gasteiger partial charge in [0.15, 0.2) is 0 Å². The number of benzene rings is 1. The fourth-order valence-corrected chi connectivity index (χ4v) is 9.57. The minimum absolute atomic E-state index is 0.0453. The molecule has 3 rings (SSSR count). The Morgan fingerprint density at radius 1 is 0.628 bits per heavy atom. The first-order valence-electron chi connectivity index (χ1n) is 26.5. The van der Waals surface area contributed by atoms with Gasteiger partial charge in [0, 0.05) is 25.0 Å². The Kier molecular flexibility index (Phi) is 29.0.